The number of alkyl halides is 3. The standard InChI is InChI=1S/C21H23F3N8O2S/c1-32(19-17(26-7-8-27-19)29-12-35(2,33)34)18-16(21(22,23)24)11-28-20(31-18)30-15-4-3-13-5-6-25-10-14(13)9-15/h3-4,7-9,11,25H,5-6,10,12H2,1-2H3,(H,26,29)(H,28,30,31). The average molecular weight is 509 g/mol. The summed E-state index contributed by atoms with van der Waals surface area (Å²) in [6.45, 7) is 1.59. The quantitative estimate of drug-likeness (QED) is 0.439. The van der Waals surface area contributed by atoms with Gasteiger partial charge in [0.2, 0.25) is 5.95 Å². The Kier molecular flexibility index (Phi) is 6.76. The van der Waals surface area contributed by atoms with Crippen molar-refractivity contribution in [3.63, 3.8) is 0 Å². The Morgan fingerprint density at radius 3 is 2.63 bits per heavy atom. The van der Waals surface area contributed by atoms with Crippen LogP contribution in [0.2, 0.25) is 0 Å². The molecule has 35 heavy (non-hydrogen) atoms. The molecule has 4 rings (SSSR count). The molecule has 14 heteroatoms. The van der Waals surface area contributed by atoms with Crippen LogP contribution >= 0.6 is 0 Å². The van der Waals surface area contributed by atoms with Crippen LogP contribution in [0.3, 0.4) is 0 Å². The van der Waals surface area contributed by atoms with Gasteiger partial charge in [0.05, 0.1) is 0 Å². The monoisotopic (exact) mass is 508 g/mol. The van der Waals surface area contributed by atoms with Crippen LogP contribution in [0.4, 0.5) is 42.3 Å². The minimum atomic E-state index is -4.75. The molecule has 0 atom stereocenters. The van der Waals surface area contributed by atoms with Crippen LogP contribution in [0.5, 0.6) is 0 Å². The second-order valence-electron chi connectivity index (χ2n) is 8.00. The Bertz CT molecular complexity index is 1330. The lowest BCUT2D eigenvalue weighted by molar-refractivity contribution is -0.137. The highest BCUT2D eigenvalue weighted by molar-refractivity contribution is 7.90. The molecule has 0 bridgehead atoms. The van der Waals surface area contributed by atoms with Gasteiger partial charge in [0, 0.05) is 44.1 Å². The predicted molar refractivity (Wildman–Crippen MR) is 126 cm³/mol. The fraction of sp³-hybridized carbons (Fsp3) is 0.333. The highest BCUT2D eigenvalue weighted by Gasteiger charge is 2.37. The molecule has 0 aliphatic carbocycles. The first kappa shape index (κ1) is 24.6. The molecule has 1 aliphatic rings. The molecule has 0 fully saturated rings. The first-order valence-electron chi connectivity index (χ1n) is 10.5. The summed E-state index contributed by atoms with van der Waals surface area (Å²) in [5, 5.41) is 8.84. The first-order chi connectivity index (χ1) is 16.5. The van der Waals surface area contributed by atoms with Crippen molar-refractivity contribution in [2.75, 3.05) is 41.3 Å². The third-order valence-corrected chi connectivity index (χ3v) is 5.91. The molecule has 3 heterocycles. The van der Waals surface area contributed by atoms with Crippen molar-refractivity contribution in [2.45, 2.75) is 19.1 Å². The number of hydrogen-bond donors (Lipinski definition) is 3. The van der Waals surface area contributed by atoms with E-state index in [9.17, 15) is 21.6 Å². The van der Waals surface area contributed by atoms with E-state index in [2.05, 4.69) is 35.9 Å². The van der Waals surface area contributed by atoms with E-state index in [-0.39, 0.29) is 17.6 Å². The number of sulfone groups is 1. The van der Waals surface area contributed by atoms with Gasteiger partial charge in [0.1, 0.15) is 11.4 Å². The van der Waals surface area contributed by atoms with Gasteiger partial charge in [-0.05, 0) is 36.2 Å². The minimum absolute atomic E-state index is 0.0103. The van der Waals surface area contributed by atoms with E-state index < -0.39 is 33.3 Å². The summed E-state index contributed by atoms with van der Waals surface area (Å²) < 4.78 is 64.5. The number of fused-ring (bicyclic) bond motifs is 1. The van der Waals surface area contributed by atoms with Crippen molar-refractivity contribution in [2.24, 2.45) is 0 Å². The zero-order valence-corrected chi connectivity index (χ0v) is 19.7. The van der Waals surface area contributed by atoms with Crippen molar-refractivity contribution in [3.8, 4) is 0 Å². The van der Waals surface area contributed by atoms with Crippen LogP contribution < -0.4 is 20.9 Å². The lowest BCUT2D eigenvalue weighted by atomic mass is 10.0. The lowest BCUT2D eigenvalue weighted by Crippen LogP contribution is -2.23. The van der Waals surface area contributed by atoms with Gasteiger partial charge in [-0.2, -0.15) is 18.2 Å². The fourth-order valence-corrected chi connectivity index (χ4v) is 3.98. The lowest BCUT2D eigenvalue weighted by Gasteiger charge is -2.23. The first-order valence-corrected chi connectivity index (χ1v) is 12.6. The molecule has 10 nitrogen and oxygen atoms in total. The summed E-state index contributed by atoms with van der Waals surface area (Å²) in [4.78, 5) is 17.2. The molecule has 0 spiro atoms. The van der Waals surface area contributed by atoms with E-state index in [1.807, 2.05) is 18.2 Å². The molecule has 186 valence electrons. The third-order valence-electron chi connectivity index (χ3n) is 5.24. The molecule has 1 aromatic carbocycles. The smallest absolute Gasteiger partial charge is 0.353 e. The Hall–Kier alpha value is -3.52. The summed E-state index contributed by atoms with van der Waals surface area (Å²) in [6, 6.07) is 5.70. The van der Waals surface area contributed by atoms with Gasteiger partial charge < -0.3 is 20.9 Å². The number of anilines is 5. The van der Waals surface area contributed by atoms with Crippen molar-refractivity contribution in [1.82, 2.24) is 25.3 Å². The average Bonchev–Trinajstić information content (AvgIpc) is 2.81. The number of aromatic nitrogens is 4. The normalized spacial score (nSPS) is 13.7. The van der Waals surface area contributed by atoms with Crippen LogP contribution in [0, 0.1) is 0 Å². The zero-order valence-electron chi connectivity index (χ0n) is 18.9. The second kappa shape index (κ2) is 9.62. The van der Waals surface area contributed by atoms with Crippen molar-refractivity contribution >= 4 is 38.9 Å². The number of benzene rings is 1. The minimum Gasteiger partial charge on any atom is -0.353 e. The Balaban J connectivity index is 1.69. The predicted octanol–water partition coefficient (Wildman–Crippen LogP) is 2.86. The highest BCUT2D eigenvalue weighted by Crippen LogP contribution is 2.38. The van der Waals surface area contributed by atoms with Gasteiger partial charge >= 0.3 is 6.18 Å². The Labute approximate surface area is 200 Å². The molecule has 2 aromatic heterocycles. The maximum absolute atomic E-state index is 13.8. The van der Waals surface area contributed by atoms with Crippen LogP contribution in [0.25, 0.3) is 0 Å². The van der Waals surface area contributed by atoms with Gasteiger partial charge in [-0.15, -0.1) is 0 Å². The Morgan fingerprint density at radius 1 is 1.11 bits per heavy atom. The van der Waals surface area contributed by atoms with Gasteiger partial charge in [-0.3, -0.25) is 0 Å². The number of rotatable bonds is 7. The highest BCUT2D eigenvalue weighted by atomic mass is 32.2. The molecular weight excluding hydrogens is 485 g/mol. The van der Waals surface area contributed by atoms with Crippen LogP contribution in [-0.4, -0.2) is 54.1 Å². The number of hydrogen-bond acceptors (Lipinski definition) is 10. The fourth-order valence-electron chi connectivity index (χ4n) is 3.58. The summed E-state index contributed by atoms with van der Waals surface area (Å²) in [5.41, 5.74) is 1.85. The van der Waals surface area contributed by atoms with Crippen molar-refractivity contribution < 1.29 is 21.6 Å². The van der Waals surface area contributed by atoms with Crippen LogP contribution in [0.1, 0.15) is 16.7 Å². The van der Waals surface area contributed by atoms with Crippen molar-refractivity contribution in [1.29, 1.82) is 0 Å². The van der Waals surface area contributed by atoms with Gasteiger partial charge in [0.15, 0.2) is 27.3 Å². The maximum atomic E-state index is 13.8. The molecule has 0 saturated carbocycles. The molecule has 0 radical (unpaired) electrons. The summed E-state index contributed by atoms with van der Waals surface area (Å²) >= 11 is 0. The van der Waals surface area contributed by atoms with Crippen molar-refractivity contribution in [3.05, 3.63) is 53.5 Å². The second-order valence-corrected chi connectivity index (χ2v) is 10.1. The van der Waals surface area contributed by atoms with Gasteiger partial charge in [0.25, 0.3) is 0 Å². The zero-order chi connectivity index (χ0) is 25.2. The third kappa shape index (κ3) is 5.95. The van der Waals surface area contributed by atoms with E-state index in [0.717, 1.165) is 29.7 Å². The van der Waals surface area contributed by atoms with E-state index in [1.165, 1.54) is 25.0 Å². The molecule has 1 aliphatic heterocycles. The molecule has 3 aromatic rings. The molecule has 0 saturated heterocycles. The van der Waals surface area contributed by atoms with E-state index >= 15 is 0 Å². The molecule has 0 unspecified atom stereocenters. The van der Waals surface area contributed by atoms with E-state index in [0.29, 0.717) is 18.4 Å². The summed E-state index contributed by atoms with van der Waals surface area (Å²) in [5.74, 6) is -1.03. The van der Waals surface area contributed by atoms with Gasteiger partial charge in [-0.25, -0.2) is 23.4 Å². The van der Waals surface area contributed by atoms with E-state index in [4.69, 9.17) is 0 Å². The SMILES string of the molecule is CN(c1nc(Nc2ccc3c(c2)CNCC3)ncc1C(F)(F)F)c1nccnc1NCS(C)(=O)=O. The molecule has 3 N–H and O–H groups in total. The number of nitrogens with one attached hydrogen (secondary N) is 3. The molecular formula is C21H23F3N8O2S. The van der Waals surface area contributed by atoms with E-state index in [1.54, 1.807) is 0 Å². The number of halogens is 3. The number of nitrogens with zero attached hydrogens (tertiary/aromatic N) is 5. The Morgan fingerprint density at radius 2 is 1.89 bits per heavy atom. The summed E-state index contributed by atoms with van der Waals surface area (Å²) in [7, 11) is -2.09. The summed E-state index contributed by atoms with van der Waals surface area (Å²) in [6.07, 6.45) is 0.440. The van der Waals surface area contributed by atoms with Crippen LogP contribution in [-0.2, 0) is 29.0 Å². The largest absolute Gasteiger partial charge is 0.421 e. The van der Waals surface area contributed by atoms with Crippen LogP contribution in [0.15, 0.2) is 36.8 Å². The topological polar surface area (TPSA) is 125 Å². The maximum Gasteiger partial charge on any atom is 0.421 e. The molecule has 0 amide bonds. The van der Waals surface area contributed by atoms with Gasteiger partial charge in [-0.1, -0.05) is 6.07 Å².